The zero-order chi connectivity index (χ0) is 20.4. The van der Waals surface area contributed by atoms with Gasteiger partial charge in [-0.05, 0) is 35.9 Å². The maximum absolute atomic E-state index is 12.6. The van der Waals surface area contributed by atoms with Gasteiger partial charge < -0.3 is 14.8 Å². The highest BCUT2D eigenvalue weighted by Gasteiger charge is 2.25. The summed E-state index contributed by atoms with van der Waals surface area (Å²) in [4.78, 5) is 12.6. The number of amides is 1. The minimum atomic E-state index is -0.295. The number of aromatic nitrogens is 2. The zero-order valence-electron chi connectivity index (χ0n) is 16.3. The van der Waals surface area contributed by atoms with Gasteiger partial charge in [-0.25, -0.2) is 4.68 Å². The molecule has 1 N–H and O–H groups in total. The molecule has 0 saturated heterocycles. The quantitative estimate of drug-likeness (QED) is 0.689. The minimum absolute atomic E-state index is 0.235. The summed E-state index contributed by atoms with van der Waals surface area (Å²) in [5.41, 5.74) is 1.83. The molecule has 1 aliphatic heterocycles. The molecule has 2 heterocycles. The first-order valence-corrected chi connectivity index (χ1v) is 9.81. The van der Waals surface area contributed by atoms with Gasteiger partial charge >= 0.3 is 0 Å². The number of hydrogen-bond donors (Lipinski definition) is 1. The molecule has 0 spiro atoms. The number of fused-ring (bicyclic) bond motifs is 1. The van der Waals surface area contributed by atoms with Gasteiger partial charge in [-0.3, -0.25) is 4.79 Å². The van der Waals surface area contributed by atoms with Gasteiger partial charge in [-0.15, -0.1) is 0 Å². The lowest BCUT2D eigenvalue weighted by atomic mass is 9.84. The van der Waals surface area contributed by atoms with Gasteiger partial charge in [0.25, 0.3) is 5.91 Å². The first-order valence-electron chi connectivity index (χ1n) is 9.43. The van der Waals surface area contributed by atoms with Crippen molar-refractivity contribution in [3.63, 3.8) is 0 Å². The van der Waals surface area contributed by atoms with Crippen LogP contribution in [0.2, 0.25) is 5.02 Å². The summed E-state index contributed by atoms with van der Waals surface area (Å²) in [6, 6.07) is 14.9. The van der Waals surface area contributed by atoms with Crippen LogP contribution in [-0.2, 0) is 5.41 Å². The number of carbonyl (C=O) groups excluding carboxylic acids is 1. The van der Waals surface area contributed by atoms with Gasteiger partial charge in [0.15, 0.2) is 17.2 Å². The summed E-state index contributed by atoms with van der Waals surface area (Å²) < 4.78 is 12.9. The molecule has 0 saturated carbocycles. The third-order valence-electron chi connectivity index (χ3n) is 4.94. The fraction of sp³-hybridized carbons (Fsp3) is 0.273. The highest BCUT2D eigenvalue weighted by Crippen LogP contribution is 2.35. The highest BCUT2D eigenvalue weighted by molar-refractivity contribution is 6.32. The van der Waals surface area contributed by atoms with E-state index in [9.17, 15) is 4.79 Å². The van der Waals surface area contributed by atoms with E-state index in [1.54, 1.807) is 23.0 Å². The molecule has 0 aliphatic carbocycles. The third kappa shape index (κ3) is 4.07. The average Bonchev–Trinajstić information content (AvgIpc) is 3.22. The minimum Gasteiger partial charge on any atom is -0.486 e. The lowest BCUT2D eigenvalue weighted by Gasteiger charge is -2.27. The number of benzene rings is 2. The predicted octanol–water partition coefficient (Wildman–Crippen LogP) is 4.00. The fourth-order valence-corrected chi connectivity index (χ4v) is 3.40. The van der Waals surface area contributed by atoms with Gasteiger partial charge in [-0.2, -0.15) is 5.10 Å². The van der Waals surface area contributed by atoms with Crippen LogP contribution in [-0.4, -0.2) is 35.4 Å². The second-order valence-electron chi connectivity index (χ2n) is 7.52. The summed E-state index contributed by atoms with van der Waals surface area (Å²) in [6.07, 6.45) is 1.72. The molecule has 1 aliphatic rings. The van der Waals surface area contributed by atoms with Crippen LogP contribution in [0.4, 0.5) is 0 Å². The molecule has 2 aromatic carbocycles. The van der Waals surface area contributed by atoms with Crippen molar-refractivity contribution in [2.75, 3.05) is 19.8 Å². The van der Waals surface area contributed by atoms with Gasteiger partial charge in [-0.1, -0.05) is 43.6 Å². The second kappa shape index (κ2) is 7.79. The Morgan fingerprint density at radius 3 is 2.69 bits per heavy atom. The van der Waals surface area contributed by atoms with Crippen LogP contribution in [0.1, 0.15) is 29.9 Å². The number of hydrogen-bond acceptors (Lipinski definition) is 4. The summed E-state index contributed by atoms with van der Waals surface area (Å²) in [5, 5.41) is 7.90. The number of rotatable bonds is 5. The Morgan fingerprint density at radius 1 is 1.14 bits per heavy atom. The summed E-state index contributed by atoms with van der Waals surface area (Å²) in [5.74, 6) is 1.26. The Kier molecular flexibility index (Phi) is 5.20. The van der Waals surface area contributed by atoms with Crippen LogP contribution in [0.3, 0.4) is 0 Å². The van der Waals surface area contributed by atoms with Crippen molar-refractivity contribution >= 4 is 17.5 Å². The van der Waals surface area contributed by atoms with Crippen molar-refractivity contribution in [1.29, 1.82) is 0 Å². The molecule has 1 aromatic heterocycles. The number of nitrogens with zero attached hydrogens (tertiary/aromatic N) is 2. The summed E-state index contributed by atoms with van der Waals surface area (Å²) in [7, 11) is 0. The third-order valence-corrected chi connectivity index (χ3v) is 5.26. The molecule has 7 heteroatoms. The Labute approximate surface area is 174 Å². The van der Waals surface area contributed by atoms with Gasteiger partial charge in [0.2, 0.25) is 0 Å². The molecule has 0 bridgehead atoms. The van der Waals surface area contributed by atoms with Crippen LogP contribution in [0.25, 0.3) is 5.69 Å². The fourth-order valence-electron chi connectivity index (χ4n) is 3.17. The van der Waals surface area contributed by atoms with Crippen molar-refractivity contribution in [2.24, 2.45) is 0 Å². The van der Waals surface area contributed by atoms with Gasteiger partial charge in [0.1, 0.15) is 13.2 Å². The Balaban J connectivity index is 1.45. The average molecular weight is 412 g/mol. The molecule has 4 rings (SSSR count). The van der Waals surface area contributed by atoms with Crippen LogP contribution >= 0.6 is 11.6 Å². The predicted molar refractivity (Wildman–Crippen MR) is 111 cm³/mol. The Morgan fingerprint density at radius 2 is 1.90 bits per heavy atom. The maximum atomic E-state index is 12.6. The van der Waals surface area contributed by atoms with E-state index >= 15 is 0 Å². The van der Waals surface area contributed by atoms with Crippen molar-refractivity contribution in [2.45, 2.75) is 19.3 Å². The molecular formula is C22H22ClN3O3. The maximum Gasteiger partial charge on any atom is 0.271 e. The van der Waals surface area contributed by atoms with Crippen molar-refractivity contribution in [3.8, 4) is 17.2 Å². The molecule has 0 atom stereocenters. The van der Waals surface area contributed by atoms with E-state index < -0.39 is 0 Å². The van der Waals surface area contributed by atoms with Gasteiger partial charge in [0.05, 0.1) is 10.7 Å². The van der Waals surface area contributed by atoms with E-state index in [1.165, 1.54) is 0 Å². The molecule has 6 nitrogen and oxygen atoms in total. The van der Waals surface area contributed by atoms with E-state index in [0.717, 1.165) is 22.7 Å². The molecule has 0 radical (unpaired) electrons. The number of ether oxygens (including phenoxy) is 2. The Hall–Kier alpha value is -2.99. The van der Waals surface area contributed by atoms with E-state index in [1.807, 2.05) is 36.4 Å². The van der Waals surface area contributed by atoms with Crippen molar-refractivity contribution in [3.05, 3.63) is 71.0 Å². The van der Waals surface area contributed by atoms with E-state index in [-0.39, 0.29) is 11.3 Å². The van der Waals surface area contributed by atoms with E-state index in [0.29, 0.717) is 30.5 Å². The van der Waals surface area contributed by atoms with Crippen LogP contribution in [0.15, 0.2) is 54.7 Å². The summed E-state index contributed by atoms with van der Waals surface area (Å²) in [6.45, 7) is 5.70. The molecule has 3 aromatic rings. The first-order chi connectivity index (χ1) is 13.9. The van der Waals surface area contributed by atoms with Crippen LogP contribution < -0.4 is 14.8 Å². The standard InChI is InChI=1S/C22H22ClN3O3/c1-22(2,15-7-8-19-20(13-15)29-12-11-28-19)14-24-21(27)17-9-10-26(25-17)18-6-4-3-5-16(18)23/h3-10,13H,11-12,14H2,1-2H3,(H,24,27). The van der Waals surface area contributed by atoms with E-state index in [4.69, 9.17) is 21.1 Å². The van der Waals surface area contributed by atoms with Crippen LogP contribution in [0, 0.1) is 0 Å². The lowest BCUT2D eigenvalue weighted by molar-refractivity contribution is 0.0940. The summed E-state index contributed by atoms with van der Waals surface area (Å²) >= 11 is 6.21. The SMILES string of the molecule is CC(C)(CNC(=O)c1ccn(-c2ccccc2Cl)n1)c1ccc2c(c1)OCCO2. The lowest BCUT2D eigenvalue weighted by Crippen LogP contribution is -2.37. The largest absolute Gasteiger partial charge is 0.486 e. The van der Waals surface area contributed by atoms with E-state index in [2.05, 4.69) is 24.3 Å². The molecule has 29 heavy (non-hydrogen) atoms. The van der Waals surface area contributed by atoms with Crippen molar-refractivity contribution in [1.82, 2.24) is 15.1 Å². The smallest absolute Gasteiger partial charge is 0.271 e. The topological polar surface area (TPSA) is 65.4 Å². The van der Waals surface area contributed by atoms with Crippen molar-refractivity contribution < 1.29 is 14.3 Å². The molecule has 0 fully saturated rings. The molecule has 0 unspecified atom stereocenters. The normalized spacial score (nSPS) is 13.2. The molecule has 150 valence electrons. The second-order valence-corrected chi connectivity index (χ2v) is 7.93. The molecular weight excluding hydrogens is 390 g/mol. The number of carbonyl (C=O) groups is 1. The number of nitrogens with one attached hydrogen (secondary N) is 1. The van der Waals surface area contributed by atoms with Crippen LogP contribution in [0.5, 0.6) is 11.5 Å². The Bertz CT molecular complexity index is 1050. The monoisotopic (exact) mass is 411 g/mol. The zero-order valence-corrected chi connectivity index (χ0v) is 17.1. The number of para-hydroxylation sites is 1. The van der Waals surface area contributed by atoms with Gasteiger partial charge in [0, 0.05) is 18.2 Å². The first kappa shape index (κ1) is 19.3. The molecule has 1 amide bonds. The highest BCUT2D eigenvalue weighted by atomic mass is 35.5. The number of halogens is 1.